The van der Waals surface area contributed by atoms with Gasteiger partial charge >= 0.3 is 0 Å². The highest BCUT2D eigenvalue weighted by Crippen LogP contribution is 2.21. The maximum absolute atomic E-state index is 12.3. The Morgan fingerprint density at radius 3 is 2.17 bits per heavy atom. The molecular formula is C17H12NO4S-. The molecule has 3 aromatic rings. The highest BCUT2D eigenvalue weighted by Gasteiger charge is 2.14. The first-order valence-electron chi connectivity index (χ1n) is 6.79. The fourth-order valence-corrected chi connectivity index (χ4v) is 3.29. The third-order valence-electron chi connectivity index (χ3n) is 3.40. The highest BCUT2D eigenvalue weighted by atomic mass is 32.2. The number of anilines is 1. The normalized spacial score (nSPS) is 11.3. The van der Waals surface area contributed by atoms with Gasteiger partial charge in [0.1, 0.15) is 0 Å². The van der Waals surface area contributed by atoms with Crippen molar-refractivity contribution in [3.05, 3.63) is 72.3 Å². The molecule has 0 fully saturated rings. The number of fused-ring (bicyclic) bond motifs is 1. The molecule has 0 saturated carbocycles. The number of carboxylic acids is 1. The number of carbonyl (C=O) groups excluding carboxylic acids is 1. The monoisotopic (exact) mass is 326 g/mol. The zero-order chi connectivity index (χ0) is 16.4. The fourth-order valence-electron chi connectivity index (χ4n) is 2.24. The molecule has 0 aromatic heterocycles. The predicted molar refractivity (Wildman–Crippen MR) is 85.5 cm³/mol. The molecule has 0 aliphatic heterocycles. The molecular weight excluding hydrogens is 314 g/mol. The molecule has 0 bridgehead atoms. The summed E-state index contributed by atoms with van der Waals surface area (Å²) >= 11 is 0. The maximum Gasteiger partial charge on any atom is 0.261 e. The van der Waals surface area contributed by atoms with Gasteiger partial charge < -0.3 is 9.90 Å². The molecule has 1 N–H and O–H groups in total. The Balaban J connectivity index is 1.91. The number of rotatable bonds is 4. The van der Waals surface area contributed by atoms with Gasteiger partial charge in [-0.05, 0) is 40.6 Å². The first kappa shape index (κ1) is 15.1. The van der Waals surface area contributed by atoms with Crippen molar-refractivity contribution in [2.75, 3.05) is 4.72 Å². The van der Waals surface area contributed by atoms with Crippen LogP contribution in [0.4, 0.5) is 5.69 Å². The lowest BCUT2D eigenvalue weighted by Gasteiger charge is -2.10. The maximum atomic E-state index is 12.3. The minimum absolute atomic E-state index is 0.0179. The van der Waals surface area contributed by atoms with Crippen molar-refractivity contribution in [3.8, 4) is 0 Å². The van der Waals surface area contributed by atoms with Gasteiger partial charge in [0.25, 0.3) is 10.0 Å². The highest BCUT2D eigenvalue weighted by molar-refractivity contribution is 7.92. The largest absolute Gasteiger partial charge is 0.545 e. The van der Waals surface area contributed by atoms with Crippen molar-refractivity contribution in [1.82, 2.24) is 0 Å². The van der Waals surface area contributed by atoms with Gasteiger partial charge in [0.05, 0.1) is 10.9 Å². The van der Waals surface area contributed by atoms with E-state index in [-0.39, 0.29) is 10.5 Å². The third kappa shape index (κ3) is 3.17. The van der Waals surface area contributed by atoms with E-state index in [4.69, 9.17) is 0 Å². The second-order valence-electron chi connectivity index (χ2n) is 4.98. The Morgan fingerprint density at radius 2 is 1.52 bits per heavy atom. The van der Waals surface area contributed by atoms with Crippen molar-refractivity contribution in [2.24, 2.45) is 0 Å². The zero-order valence-electron chi connectivity index (χ0n) is 11.9. The van der Waals surface area contributed by atoms with E-state index in [0.29, 0.717) is 5.69 Å². The number of hydrogen-bond acceptors (Lipinski definition) is 4. The Morgan fingerprint density at radius 1 is 0.870 bits per heavy atom. The summed E-state index contributed by atoms with van der Waals surface area (Å²) in [5, 5.41) is 12.6. The second kappa shape index (κ2) is 5.73. The summed E-state index contributed by atoms with van der Waals surface area (Å²) in [5.41, 5.74) is 0.363. The van der Waals surface area contributed by atoms with Crippen molar-refractivity contribution in [1.29, 1.82) is 0 Å². The summed E-state index contributed by atoms with van der Waals surface area (Å²) in [6.07, 6.45) is 0. The van der Waals surface area contributed by atoms with Crippen LogP contribution < -0.4 is 9.83 Å². The molecule has 0 saturated heterocycles. The molecule has 0 spiro atoms. The Labute approximate surface area is 133 Å². The van der Waals surface area contributed by atoms with E-state index >= 15 is 0 Å². The standard InChI is InChI=1S/C17H13NO4S/c19-17(20)13-6-9-16(10-7-13)23(21,22)18-15-8-5-12-3-1-2-4-14(12)11-15/h1-11,18H,(H,19,20)/p-1. The minimum atomic E-state index is -3.79. The summed E-state index contributed by atoms with van der Waals surface area (Å²) in [5.74, 6) is -1.35. The lowest BCUT2D eigenvalue weighted by molar-refractivity contribution is -0.255. The number of carboxylic acid groups (broad SMARTS) is 1. The molecule has 0 amide bonds. The van der Waals surface area contributed by atoms with E-state index in [1.165, 1.54) is 24.3 Å². The van der Waals surface area contributed by atoms with E-state index in [9.17, 15) is 18.3 Å². The molecule has 0 aliphatic carbocycles. The summed E-state index contributed by atoms with van der Waals surface area (Å²) in [7, 11) is -3.79. The number of sulfonamides is 1. The van der Waals surface area contributed by atoms with Crippen molar-refractivity contribution >= 4 is 32.5 Å². The number of benzene rings is 3. The molecule has 3 aromatic carbocycles. The van der Waals surface area contributed by atoms with Gasteiger partial charge in [0.2, 0.25) is 0 Å². The molecule has 0 radical (unpaired) electrons. The van der Waals surface area contributed by atoms with E-state index in [2.05, 4.69) is 4.72 Å². The third-order valence-corrected chi connectivity index (χ3v) is 4.80. The van der Waals surface area contributed by atoms with Crippen molar-refractivity contribution in [3.63, 3.8) is 0 Å². The molecule has 6 heteroatoms. The average molecular weight is 326 g/mol. The SMILES string of the molecule is O=C([O-])c1ccc(S(=O)(=O)Nc2ccc3ccccc3c2)cc1. The van der Waals surface area contributed by atoms with Crippen LogP contribution in [0.1, 0.15) is 10.4 Å². The molecule has 0 heterocycles. The van der Waals surface area contributed by atoms with E-state index < -0.39 is 16.0 Å². The number of carbonyl (C=O) groups is 1. The first-order valence-corrected chi connectivity index (χ1v) is 8.27. The number of aromatic carboxylic acids is 1. The van der Waals surface area contributed by atoms with Gasteiger partial charge in [-0.15, -0.1) is 0 Å². The van der Waals surface area contributed by atoms with E-state index in [0.717, 1.165) is 10.8 Å². The Kier molecular flexibility index (Phi) is 3.75. The number of hydrogen-bond donors (Lipinski definition) is 1. The van der Waals surface area contributed by atoms with Gasteiger partial charge in [0.15, 0.2) is 0 Å². The van der Waals surface area contributed by atoms with Gasteiger partial charge in [0, 0.05) is 5.69 Å². The van der Waals surface area contributed by atoms with Crippen LogP contribution in [0.5, 0.6) is 0 Å². The molecule has 0 unspecified atom stereocenters. The number of nitrogens with one attached hydrogen (secondary N) is 1. The van der Waals surface area contributed by atoms with Crippen LogP contribution in [0.15, 0.2) is 71.6 Å². The van der Waals surface area contributed by atoms with Crippen LogP contribution in [-0.2, 0) is 10.0 Å². The lowest BCUT2D eigenvalue weighted by atomic mass is 10.1. The molecule has 0 aliphatic rings. The quantitative estimate of drug-likeness (QED) is 0.794. The summed E-state index contributed by atoms with van der Waals surface area (Å²) < 4.78 is 27.2. The van der Waals surface area contributed by atoms with Crippen LogP contribution in [0, 0.1) is 0 Å². The van der Waals surface area contributed by atoms with E-state index in [1.54, 1.807) is 12.1 Å². The van der Waals surface area contributed by atoms with Crippen molar-refractivity contribution < 1.29 is 18.3 Å². The summed E-state index contributed by atoms with van der Waals surface area (Å²) in [6, 6.07) is 17.7. The van der Waals surface area contributed by atoms with Gasteiger partial charge in [-0.2, -0.15) is 0 Å². The van der Waals surface area contributed by atoms with E-state index in [1.807, 2.05) is 30.3 Å². The van der Waals surface area contributed by atoms with Crippen LogP contribution in [-0.4, -0.2) is 14.4 Å². The molecule has 0 atom stereocenters. The molecule has 3 rings (SSSR count). The first-order chi connectivity index (χ1) is 11.0. The predicted octanol–water partition coefficient (Wildman–Crippen LogP) is 2.00. The van der Waals surface area contributed by atoms with Crippen molar-refractivity contribution in [2.45, 2.75) is 4.90 Å². The fraction of sp³-hybridized carbons (Fsp3) is 0. The molecule has 23 heavy (non-hydrogen) atoms. The van der Waals surface area contributed by atoms with Crippen LogP contribution in [0.25, 0.3) is 10.8 Å². The minimum Gasteiger partial charge on any atom is -0.545 e. The summed E-state index contributed by atoms with van der Waals surface area (Å²) in [4.78, 5) is 10.7. The summed E-state index contributed by atoms with van der Waals surface area (Å²) in [6.45, 7) is 0. The smallest absolute Gasteiger partial charge is 0.261 e. The average Bonchev–Trinajstić information content (AvgIpc) is 2.54. The lowest BCUT2D eigenvalue weighted by Crippen LogP contribution is -2.22. The molecule has 5 nitrogen and oxygen atoms in total. The zero-order valence-corrected chi connectivity index (χ0v) is 12.7. The molecule has 116 valence electrons. The van der Waals surface area contributed by atoms with Gasteiger partial charge in [-0.1, -0.05) is 42.5 Å². The van der Waals surface area contributed by atoms with Crippen LogP contribution >= 0.6 is 0 Å². The Bertz CT molecular complexity index is 979. The van der Waals surface area contributed by atoms with Gasteiger partial charge in [-0.3, -0.25) is 4.72 Å². The Hall–Kier alpha value is -2.86. The second-order valence-corrected chi connectivity index (χ2v) is 6.66. The van der Waals surface area contributed by atoms with Crippen LogP contribution in [0.2, 0.25) is 0 Å². The van der Waals surface area contributed by atoms with Gasteiger partial charge in [-0.25, -0.2) is 8.42 Å². The topological polar surface area (TPSA) is 86.3 Å². The van der Waals surface area contributed by atoms with Crippen LogP contribution in [0.3, 0.4) is 0 Å².